The molecule has 1 aliphatic heterocycles. The molecule has 6 heteroatoms. The van der Waals surface area contributed by atoms with E-state index in [1.165, 1.54) is 6.07 Å². The number of aliphatic hydroxyl groups is 1. The molecule has 1 saturated heterocycles. The van der Waals surface area contributed by atoms with Gasteiger partial charge in [0.05, 0.1) is 11.7 Å². The molecule has 0 spiro atoms. The van der Waals surface area contributed by atoms with Crippen LogP contribution in [0.15, 0.2) is 18.2 Å². The first-order chi connectivity index (χ1) is 8.92. The zero-order valence-corrected chi connectivity index (χ0v) is 12.7. The summed E-state index contributed by atoms with van der Waals surface area (Å²) < 4.78 is 6.16. The number of carbonyl (C=O) groups is 1. The maximum Gasteiger partial charge on any atom is 0.255 e. The number of aromatic hydroxyl groups is 1. The van der Waals surface area contributed by atoms with Crippen LogP contribution in [-0.4, -0.2) is 41.0 Å². The number of nitrogens with one attached hydrogen (secondary N) is 1. The lowest BCUT2D eigenvalue weighted by molar-refractivity contribution is -0.0251. The van der Waals surface area contributed by atoms with E-state index in [0.717, 1.165) is 3.57 Å². The number of phenolic OH excluding ortho intramolecular Hbond substituents is 1. The fourth-order valence-electron chi connectivity index (χ4n) is 2.02. The number of ether oxygens (including phenoxy) is 1. The molecule has 0 radical (unpaired) electrons. The van der Waals surface area contributed by atoms with Crippen molar-refractivity contribution < 1.29 is 19.7 Å². The van der Waals surface area contributed by atoms with Gasteiger partial charge >= 0.3 is 0 Å². The van der Waals surface area contributed by atoms with E-state index in [9.17, 15) is 15.0 Å². The van der Waals surface area contributed by atoms with E-state index in [0.29, 0.717) is 13.0 Å². The lowest BCUT2D eigenvalue weighted by atomic mass is 9.96. The molecular formula is C13H16INO4. The summed E-state index contributed by atoms with van der Waals surface area (Å²) in [5.41, 5.74) is -0.824. The highest BCUT2D eigenvalue weighted by Gasteiger charge is 2.39. The van der Waals surface area contributed by atoms with Crippen molar-refractivity contribution >= 4 is 28.5 Å². The first-order valence-electron chi connectivity index (χ1n) is 6.03. The number of rotatable bonds is 3. The molecule has 1 aromatic carbocycles. The Hall–Kier alpha value is -0.860. The van der Waals surface area contributed by atoms with Gasteiger partial charge < -0.3 is 20.3 Å². The van der Waals surface area contributed by atoms with Crippen LogP contribution in [0.4, 0.5) is 0 Å². The number of amides is 1. The minimum Gasteiger partial charge on any atom is -0.507 e. The van der Waals surface area contributed by atoms with Gasteiger partial charge in [0.1, 0.15) is 11.4 Å². The van der Waals surface area contributed by atoms with Gasteiger partial charge in [-0.1, -0.05) is 0 Å². The average Bonchev–Trinajstić information content (AvgIpc) is 2.70. The van der Waals surface area contributed by atoms with E-state index in [4.69, 9.17) is 4.74 Å². The Kier molecular flexibility index (Phi) is 4.32. The van der Waals surface area contributed by atoms with E-state index in [1.807, 2.05) is 0 Å². The maximum atomic E-state index is 12.0. The van der Waals surface area contributed by atoms with Crippen LogP contribution in [0.5, 0.6) is 5.75 Å². The third kappa shape index (κ3) is 3.18. The highest BCUT2D eigenvalue weighted by atomic mass is 127. The quantitative estimate of drug-likeness (QED) is 0.694. The molecule has 2 unspecified atom stereocenters. The molecule has 1 fully saturated rings. The van der Waals surface area contributed by atoms with E-state index < -0.39 is 11.5 Å². The fourth-order valence-corrected chi connectivity index (χ4v) is 2.51. The smallest absolute Gasteiger partial charge is 0.255 e. The van der Waals surface area contributed by atoms with Crippen LogP contribution in [0.2, 0.25) is 0 Å². The lowest BCUT2D eigenvalue weighted by Crippen LogP contribution is -2.47. The van der Waals surface area contributed by atoms with E-state index in [2.05, 4.69) is 27.9 Å². The second-order valence-electron chi connectivity index (χ2n) is 4.71. The topological polar surface area (TPSA) is 78.8 Å². The van der Waals surface area contributed by atoms with E-state index in [1.54, 1.807) is 19.1 Å². The van der Waals surface area contributed by atoms with Crippen molar-refractivity contribution in [2.75, 3.05) is 13.2 Å². The molecule has 104 valence electrons. The molecule has 0 bridgehead atoms. The fraction of sp³-hybridized carbons (Fsp3) is 0.462. The zero-order chi connectivity index (χ0) is 14.0. The van der Waals surface area contributed by atoms with Crippen molar-refractivity contribution in [3.8, 4) is 5.75 Å². The number of halogens is 1. The van der Waals surface area contributed by atoms with Crippen LogP contribution in [0.3, 0.4) is 0 Å². The predicted octanol–water partition coefficient (Wildman–Crippen LogP) is 1.27. The summed E-state index contributed by atoms with van der Waals surface area (Å²) in [7, 11) is 0. The summed E-state index contributed by atoms with van der Waals surface area (Å²) in [6, 6.07) is 4.80. The third-order valence-corrected chi connectivity index (χ3v) is 4.09. The summed E-state index contributed by atoms with van der Waals surface area (Å²) >= 11 is 2.07. The van der Waals surface area contributed by atoms with Crippen LogP contribution in [-0.2, 0) is 4.74 Å². The van der Waals surface area contributed by atoms with Crippen LogP contribution in [0.1, 0.15) is 23.7 Å². The van der Waals surface area contributed by atoms with Crippen molar-refractivity contribution in [1.82, 2.24) is 5.32 Å². The van der Waals surface area contributed by atoms with Crippen molar-refractivity contribution in [2.24, 2.45) is 0 Å². The van der Waals surface area contributed by atoms with Gasteiger partial charge in [0.2, 0.25) is 0 Å². The summed E-state index contributed by atoms with van der Waals surface area (Å²) in [6.07, 6.45) is 0.185. The molecule has 0 aliphatic carbocycles. The molecule has 19 heavy (non-hydrogen) atoms. The number of carbonyl (C=O) groups excluding carboxylic acids is 1. The minimum atomic E-state index is -1.03. The normalized spacial score (nSPS) is 26.4. The van der Waals surface area contributed by atoms with Gasteiger partial charge in [0.15, 0.2) is 0 Å². The summed E-state index contributed by atoms with van der Waals surface area (Å²) in [5, 5.41) is 22.6. The lowest BCUT2D eigenvalue weighted by Gasteiger charge is -2.26. The standard InChI is InChI=1S/C13H16INO4/c1-8-13(18,4-5-19-8)7-15-12(17)10-6-9(14)2-3-11(10)16/h2-3,6,8,16,18H,4-5,7H2,1H3,(H,15,17). The van der Waals surface area contributed by atoms with Crippen LogP contribution in [0, 0.1) is 3.57 Å². The molecule has 2 atom stereocenters. The van der Waals surface area contributed by atoms with Gasteiger partial charge in [-0.2, -0.15) is 0 Å². The maximum absolute atomic E-state index is 12.0. The molecule has 5 nitrogen and oxygen atoms in total. The predicted molar refractivity (Wildman–Crippen MR) is 78.1 cm³/mol. The first-order valence-corrected chi connectivity index (χ1v) is 7.11. The Labute approximate surface area is 125 Å². The molecule has 0 aromatic heterocycles. The SMILES string of the molecule is CC1OCCC1(O)CNC(=O)c1cc(I)ccc1O. The molecule has 2 rings (SSSR count). The van der Waals surface area contributed by atoms with Crippen molar-refractivity contribution in [3.63, 3.8) is 0 Å². The zero-order valence-electron chi connectivity index (χ0n) is 10.5. The summed E-state index contributed by atoms with van der Waals surface area (Å²) in [6.45, 7) is 2.38. The Morgan fingerprint density at radius 2 is 2.37 bits per heavy atom. The van der Waals surface area contributed by atoms with Gasteiger partial charge in [0.25, 0.3) is 5.91 Å². The van der Waals surface area contributed by atoms with Crippen molar-refractivity contribution in [3.05, 3.63) is 27.3 Å². The van der Waals surface area contributed by atoms with Crippen molar-refractivity contribution in [2.45, 2.75) is 25.0 Å². The average molecular weight is 377 g/mol. The number of phenols is 1. The highest BCUT2D eigenvalue weighted by Crippen LogP contribution is 2.25. The largest absolute Gasteiger partial charge is 0.507 e. The molecule has 3 N–H and O–H groups in total. The summed E-state index contributed by atoms with van der Waals surface area (Å²) in [5.74, 6) is -0.468. The van der Waals surface area contributed by atoms with Crippen molar-refractivity contribution in [1.29, 1.82) is 0 Å². The Morgan fingerprint density at radius 1 is 1.63 bits per heavy atom. The van der Waals surface area contributed by atoms with Gasteiger partial charge in [-0.3, -0.25) is 4.79 Å². The Balaban J connectivity index is 2.03. The monoisotopic (exact) mass is 377 g/mol. The number of benzene rings is 1. The Morgan fingerprint density at radius 3 is 3.00 bits per heavy atom. The van der Waals surface area contributed by atoms with Crippen LogP contribution < -0.4 is 5.32 Å². The molecular weight excluding hydrogens is 361 g/mol. The van der Waals surface area contributed by atoms with Gasteiger partial charge in [-0.15, -0.1) is 0 Å². The van der Waals surface area contributed by atoms with E-state index in [-0.39, 0.29) is 24.0 Å². The van der Waals surface area contributed by atoms with Gasteiger partial charge in [0, 0.05) is 23.1 Å². The van der Waals surface area contributed by atoms with Gasteiger partial charge in [-0.05, 0) is 47.7 Å². The highest BCUT2D eigenvalue weighted by molar-refractivity contribution is 14.1. The molecule has 1 aromatic rings. The second-order valence-corrected chi connectivity index (χ2v) is 5.96. The first kappa shape index (κ1) is 14.5. The minimum absolute atomic E-state index is 0.0689. The molecule has 1 aliphatic rings. The number of hydrogen-bond acceptors (Lipinski definition) is 4. The van der Waals surface area contributed by atoms with Crippen LogP contribution >= 0.6 is 22.6 Å². The Bertz CT molecular complexity index is 494. The van der Waals surface area contributed by atoms with Gasteiger partial charge in [-0.25, -0.2) is 0 Å². The number of hydrogen-bond donors (Lipinski definition) is 3. The molecule has 1 amide bonds. The third-order valence-electron chi connectivity index (χ3n) is 3.42. The summed E-state index contributed by atoms with van der Waals surface area (Å²) in [4.78, 5) is 12.0. The van der Waals surface area contributed by atoms with E-state index >= 15 is 0 Å². The second kappa shape index (κ2) is 5.64. The molecule has 0 saturated carbocycles. The molecule has 1 heterocycles. The van der Waals surface area contributed by atoms with Crippen LogP contribution in [0.25, 0.3) is 0 Å².